The van der Waals surface area contributed by atoms with E-state index in [0.717, 1.165) is 36.8 Å². The molecule has 126 valence electrons. The van der Waals surface area contributed by atoms with Crippen molar-refractivity contribution < 1.29 is 14.7 Å². The van der Waals surface area contributed by atoms with E-state index in [1.807, 2.05) is 26.0 Å². The highest BCUT2D eigenvalue weighted by Crippen LogP contribution is 2.23. The number of carbonyl (C=O) groups is 2. The van der Waals surface area contributed by atoms with Gasteiger partial charge in [0.1, 0.15) is 0 Å². The molecule has 5 heteroatoms. The van der Waals surface area contributed by atoms with Crippen LogP contribution in [0.15, 0.2) is 18.2 Å². The van der Waals surface area contributed by atoms with E-state index in [4.69, 9.17) is 0 Å². The van der Waals surface area contributed by atoms with Gasteiger partial charge in [0.25, 0.3) is 5.91 Å². The number of hydrogen-bond acceptors (Lipinski definition) is 3. The van der Waals surface area contributed by atoms with E-state index >= 15 is 0 Å². The van der Waals surface area contributed by atoms with Crippen molar-refractivity contribution in [2.45, 2.75) is 45.6 Å². The lowest BCUT2D eigenvalue weighted by Crippen LogP contribution is -2.47. The first kappa shape index (κ1) is 17.5. The zero-order valence-electron chi connectivity index (χ0n) is 13.9. The Bertz CT molecular complexity index is 571. The molecule has 1 aromatic rings. The molecular formula is C18H26N2O3. The molecule has 3 N–H and O–H groups in total. The number of carbonyl (C=O) groups excluding carboxylic acids is 2. The minimum atomic E-state index is -0.245. The summed E-state index contributed by atoms with van der Waals surface area (Å²) in [5.41, 5.74) is 2.74. The van der Waals surface area contributed by atoms with Gasteiger partial charge in [-0.25, -0.2) is 0 Å². The van der Waals surface area contributed by atoms with Crippen LogP contribution in [-0.2, 0) is 4.79 Å². The van der Waals surface area contributed by atoms with Gasteiger partial charge in [0.15, 0.2) is 0 Å². The van der Waals surface area contributed by atoms with Crippen LogP contribution in [0.3, 0.4) is 0 Å². The second-order valence-electron chi connectivity index (χ2n) is 6.38. The predicted molar refractivity (Wildman–Crippen MR) is 89.2 cm³/mol. The Morgan fingerprint density at radius 3 is 2.61 bits per heavy atom. The number of aliphatic hydroxyl groups excluding tert-OH is 1. The van der Waals surface area contributed by atoms with Crippen molar-refractivity contribution in [2.75, 3.05) is 13.2 Å². The molecule has 5 nitrogen and oxygen atoms in total. The minimum absolute atomic E-state index is 0.0137. The summed E-state index contributed by atoms with van der Waals surface area (Å²) in [6.45, 7) is 4.00. The Morgan fingerprint density at radius 2 is 1.91 bits per heavy atom. The standard InChI is InChI=1S/C18H26N2O3/c1-12-7-8-14(9-13(12)2)18(23)19-10-17(22)20-16-6-4-3-5-15(16)11-21/h7-9,15-16,21H,3-6,10-11H2,1-2H3,(H,19,23)(H,20,22)/t15-,16+/m1/s1. The van der Waals surface area contributed by atoms with Crippen molar-refractivity contribution in [3.8, 4) is 0 Å². The fraction of sp³-hybridized carbons (Fsp3) is 0.556. The van der Waals surface area contributed by atoms with Crippen LogP contribution in [-0.4, -0.2) is 36.1 Å². The van der Waals surface area contributed by atoms with Gasteiger partial charge in [0.2, 0.25) is 5.91 Å². The summed E-state index contributed by atoms with van der Waals surface area (Å²) in [7, 11) is 0. The first-order valence-electron chi connectivity index (χ1n) is 8.27. The molecule has 0 heterocycles. The number of nitrogens with one attached hydrogen (secondary N) is 2. The minimum Gasteiger partial charge on any atom is -0.396 e. The van der Waals surface area contributed by atoms with Crippen molar-refractivity contribution in [1.29, 1.82) is 0 Å². The highest BCUT2D eigenvalue weighted by molar-refractivity contribution is 5.96. The monoisotopic (exact) mass is 318 g/mol. The van der Waals surface area contributed by atoms with Gasteiger partial charge in [-0.3, -0.25) is 9.59 Å². The topological polar surface area (TPSA) is 78.4 Å². The van der Waals surface area contributed by atoms with Crippen LogP contribution in [0, 0.1) is 19.8 Å². The normalized spacial score (nSPS) is 20.8. The SMILES string of the molecule is Cc1ccc(C(=O)NCC(=O)N[C@H]2CCCC[C@@H]2CO)cc1C. The number of aryl methyl sites for hydroxylation is 2. The van der Waals surface area contributed by atoms with Crippen molar-refractivity contribution in [3.05, 3.63) is 34.9 Å². The van der Waals surface area contributed by atoms with Crippen molar-refractivity contribution in [2.24, 2.45) is 5.92 Å². The Hall–Kier alpha value is -1.88. The first-order valence-corrected chi connectivity index (χ1v) is 8.27. The van der Waals surface area contributed by atoms with E-state index in [2.05, 4.69) is 10.6 Å². The molecule has 2 amide bonds. The number of benzene rings is 1. The van der Waals surface area contributed by atoms with Gasteiger partial charge in [-0.15, -0.1) is 0 Å². The summed E-state index contributed by atoms with van der Waals surface area (Å²) in [6, 6.07) is 5.50. The van der Waals surface area contributed by atoms with Gasteiger partial charge in [0.05, 0.1) is 6.54 Å². The molecule has 0 aliphatic heterocycles. The molecule has 0 unspecified atom stereocenters. The fourth-order valence-corrected chi connectivity index (χ4v) is 3.02. The third-order valence-corrected chi connectivity index (χ3v) is 4.67. The molecule has 0 aromatic heterocycles. The number of rotatable bonds is 5. The number of hydrogen-bond donors (Lipinski definition) is 3. The second kappa shape index (κ2) is 8.11. The van der Waals surface area contributed by atoms with Gasteiger partial charge in [-0.1, -0.05) is 18.9 Å². The van der Waals surface area contributed by atoms with E-state index in [1.54, 1.807) is 6.07 Å². The smallest absolute Gasteiger partial charge is 0.251 e. The van der Waals surface area contributed by atoms with Crippen LogP contribution in [0.2, 0.25) is 0 Å². The quantitative estimate of drug-likeness (QED) is 0.773. The molecule has 0 saturated heterocycles. The third-order valence-electron chi connectivity index (χ3n) is 4.67. The molecule has 23 heavy (non-hydrogen) atoms. The molecule has 2 rings (SSSR count). The van der Waals surface area contributed by atoms with E-state index in [0.29, 0.717) is 5.56 Å². The maximum atomic E-state index is 12.1. The predicted octanol–water partition coefficient (Wildman–Crippen LogP) is 1.70. The zero-order chi connectivity index (χ0) is 16.8. The molecule has 1 aliphatic rings. The van der Waals surface area contributed by atoms with Crippen molar-refractivity contribution >= 4 is 11.8 Å². The molecular weight excluding hydrogens is 292 g/mol. The highest BCUT2D eigenvalue weighted by Gasteiger charge is 2.25. The summed E-state index contributed by atoms with van der Waals surface area (Å²) in [4.78, 5) is 24.1. The van der Waals surface area contributed by atoms with Crippen LogP contribution in [0.4, 0.5) is 0 Å². The maximum absolute atomic E-state index is 12.1. The van der Waals surface area contributed by atoms with Gasteiger partial charge in [-0.05, 0) is 49.9 Å². The first-order chi connectivity index (χ1) is 11.0. The lowest BCUT2D eigenvalue weighted by atomic mass is 9.85. The molecule has 1 fully saturated rings. The van der Waals surface area contributed by atoms with E-state index in [9.17, 15) is 14.7 Å². The molecule has 0 spiro atoms. The largest absolute Gasteiger partial charge is 0.396 e. The Balaban J connectivity index is 1.83. The van der Waals surface area contributed by atoms with E-state index in [-0.39, 0.29) is 36.9 Å². The Morgan fingerprint density at radius 1 is 1.17 bits per heavy atom. The average molecular weight is 318 g/mol. The van der Waals surface area contributed by atoms with Crippen molar-refractivity contribution in [3.63, 3.8) is 0 Å². The molecule has 1 saturated carbocycles. The number of aliphatic hydroxyl groups is 1. The van der Waals surface area contributed by atoms with Crippen LogP contribution in [0.25, 0.3) is 0 Å². The van der Waals surface area contributed by atoms with Crippen LogP contribution in [0.1, 0.15) is 47.2 Å². The molecule has 2 atom stereocenters. The van der Waals surface area contributed by atoms with Gasteiger partial charge >= 0.3 is 0 Å². The van der Waals surface area contributed by atoms with Crippen LogP contribution in [0.5, 0.6) is 0 Å². The summed E-state index contributed by atoms with van der Waals surface area (Å²) in [5.74, 6) is -0.318. The molecule has 1 aliphatic carbocycles. The zero-order valence-corrected chi connectivity index (χ0v) is 13.9. The molecule has 0 radical (unpaired) electrons. The molecule has 1 aromatic carbocycles. The maximum Gasteiger partial charge on any atom is 0.251 e. The summed E-state index contributed by atoms with van der Waals surface area (Å²) in [6.07, 6.45) is 4.00. The Kier molecular flexibility index (Phi) is 6.16. The highest BCUT2D eigenvalue weighted by atomic mass is 16.3. The Labute approximate surface area is 137 Å². The molecule has 0 bridgehead atoms. The third kappa shape index (κ3) is 4.79. The number of amides is 2. The lowest BCUT2D eigenvalue weighted by Gasteiger charge is -2.30. The average Bonchev–Trinajstić information content (AvgIpc) is 2.55. The van der Waals surface area contributed by atoms with Gasteiger partial charge in [0, 0.05) is 24.1 Å². The summed E-state index contributed by atoms with van der Waals surface area (Å²) >= 11 is 0. The van der Waals surface area contributed by atoms with E-state index < -0.39 is 0 Å². The van der Waals surface area contributed by atoms with Gasteiger partial charge < -0.3 is 15.7 Å². The second-order valence-corrected chi connectivity index (χ2v) is 6.38. The lowest BCUT2D eigenvalue weighted by molar-refractivity contribution is -0.121. The van der Waals surface area contributed by atoms with Crippen molar-refractivity contribution in [1.82, 2.24) is 10.6 Å². The summed E-state index contributed by atoms with van der Waals surface area (Å²) in [5, 5.41) is 15.0. The van der Waals surface area contributed by atoms with Gasteiger partial charge in [-0.2, -0.15) is 0 Å². The van der Waals surface area contributed by atoms with E-state index in [1.165, 1.54) is 0 Å². The fourth-order valence-electron chi connectivity index (χ4n) is 3.02. The van der Waals surface area contributed by atoms with Crippen LogP contribution < -0.4 is 10.6 Å². The summed E-state index contributed by atoms with van der Waals surface area (Å²) < 4.78 is 0. The van der Waals surface area contributed by atoms with Crippen LogP contribution >= 0.6 is 0 Å².